The van der Waals surface area contributed by atoms with Crippen LogP contribution in [0, 0.1) is 17.8 Å². The van der Waals surface area contributed by atoms with Crippen LogP contribution in [0.15, 0.2) is 18.2 Å². The summed E-state index contributed by atoms with van der Waals surface area (Å²) in [5, 5.41) is 8.82. The molecule has 0 aliphatic heterocycles. The van der Waals surface area contributed by atoms with Crippen LogP contribution in [0.2, 0.25) is 0 Å². The Morgan fingerprint density at radius 1 is 1.40 bits per heavy atom. The predicted octanol–water partition coefficient (Wildman–Crippen LogP) is 2.27. The first-order chi connectivity index (χ1) is 9.72. The monoisotopic (exact) mass is 273 g/mol. The van der Waals surface area contributed by atoms with E-state index in [0.717, 1.165) is 23.8 Å². The summed E-state index contributed by atoms with van der Waals surface area (Å²) in [6.45, 7) is 1.97. The van der Waals surface area contributed by atoms with Crippen molar-refractivity contribution in [1.82, 2.24) is 4.90 Å². The van der Waals surface area contributed by atoms with E-state index in [-0.39, 0.29) is 6.61 Å². The van der Waals surface area contributed by atoms with Crippen molar-refractivity contribution in [3.8, 4) is 17.6 Å². The zero-order chi connectivity index (χ0) is 14.4. The van der Waals surface area contributed by atoms with Crippen LogP contribution >= 0.6 is 0 Å². The van der Waals surface area contributed by atoms with Crippen molar-refractivity contribution in [3.05, 3.63) is 29.3 Å². The van der Waals surface area contributed by atoms with Crippen LogP contribution in [0.25, 0.3) is 0 Å². The Morgan fingerprint density at radius 3 is 2.80 bits per heavy atom. The lowest BCUT2D eigenvalue weighted by Gasteiger charge is -2.30. The Balaban J connectivity index is 2.03. The largest absolute Gasteiger partial charge is 0.495 e. The van der Waals surface area contributed by atoms with Crippen molar-refractivity contribution in [2.45, 2.75) is 25.8 Å². The van der Waals surface area contributed by atoms with Gasteiger partial charge >= 0.3 is 0 Å². The van der Waals surface area contributed by atoms with Crippen molar-refractivity contribution in [2.24, 2.45) is 5.92 Å². The fourth-order valence-electron chi connectivity index (χ4n) is 2.58. The number of hydrogen-bond donors (Lipinski definition) is 1. The van der Waals surface area contributed by atoms with E-state index in [4.69, 9.17) is 9.84 Å². The number of methoxy groups -OCH3 is 1. The maximum atomic E-state index is 8.82. The molecule has 20 heavy (non-hydrogen) atoms. The number of aliphatic hydroxyl groups is 1. The Hall–Kier alpha value is -1.50. The van der Waals surface area contributed by atoms with Gasteiger partial charge in [-0.2, -0.15) is 0 Å². The Labute approximate surface area is 121 Å². The molecule has 0 aromatic heterocycles. The van der Waals surface area contributed by atoms with E-state index in [2.05, 4.69) is 35.9 Å². The molecule has 0 saturated heterocycles. The van der Waals surface area contributed by atoms with Gasteiger partial charge in [-0.3, -0.25) is 0 Å². The summed E-state index contributed by atoms with van der Waals surface area (Å²) in [7, 11) is 3.81. The summed E-state index contributed by atoms with van der Waals surface area (Å²) in [6.07, 6.45) is 4.14. The van der Waals surface area contributed by atoms with Gasteiger partial charge in [0.1, 0.15) is 12.4 Å². The van der Waals surface area contributed by atoms with E-state index in [1.54, 1.807) is 7.11 Å². The average molecular weight is 273 g/mol. The molecule has 0 atom stereocenters. The Kier molecular flexibility index (Phi) is 5.46. The van der Waals surface area contributed by atoms with Gasteiger partial charge in [-0.25, -0.2) is 0 Å². The minimum absolute atomic E-state index is 0.130. The standard InChI is InChI=1S/C17H23NO2/c1-18(12-14-5-3-6-14)13-15-8-9-17(20-2)16(11-15)7-4-10-19/h8-9,11,14,19H,3,5-6,10,12-13H2,1-2H3. The van der Waals surface area contributed by atoms with E-state index in [9.17, 15) is 0 Å². The van der Waals surface area contributed by atoms with Crippen molar-refractivity contribution >= 4 is 0 Å². The van der Waals surface area contributed by atoms with Gasteiger partial charge in [0.25, 0.3) is 0 Å². The maximum Gasteiger partial charge on any atom is 0.134 e. The lowest BCUT2D eigenvalue weighted by atomic mass is 9.85. The lowest BCUT2D eigenvalue weighted by Crippen LogP contribution is -2.29. The molecule has 0 heterocycles. The molecule has 2 rings (SSSR count). The van der Waals surface area contributed by atoms with Crippen molar-refractivity contribution in [3.63, 3.8) is 0 Å². The average Bonchev–Trinajstić information content (AvgIpc) is 2.41. The van der Waals surface area contributed by atoms with Gasteiger partial charge in [0.15, 0.2) is 0 Å². The summed E-state index contributed by atoms with van der Waals surface area (Å²) in [5.41, 5.74) is 2.07. The number of hydrogen-bond acceptors (Lipinski definition) is 3. The highest BCUT2D eigenvalue weighted by Gasteiger charge is 2.19. The van der Waals surface area contributed by atoms with E-state index < -0.39 is 0 Å². The maximum absolute atomic E-state index is 8.82. The fourth-order valence-corrected chi connectivity index (χ4v) is 2.58. The molecule has 1 aliphatic rings. The molecule has 0 radical (unpaired) electrons. The molecule has 1 aromatic carbocycles. The predicted molar refractivity (Wildman–Crippen MR) is 80.6 cm³/mol. The van der Waals surface area contributed by atoms with E-state index in [0.29, 0.717) is 0 Å². The van der Waals surface area contributed by atoms with Crippen LogP contribution in [0.5, 0.6) is 5.75 Å². The highest BCUT2D eigenvalue weighted by atomic mass is 16.5. The second-order valence-corrected chi connectivity index (χ2v) is 5.49. The van der Waals surface area contributed by atoms with Gasteiger partial charge in [0.05, 0.1) is 12.7 Å². The highest BCUT2D eigenvalue weighted by Crippen LogP contribution is 2.27. The number of aliphatic hydroxyl groups excluding tert-OH is 1. The third-order valence-electron chi connectivity index (χ3n) is 3.81. The first-order valence-corrected chi connectivity index (χ1v) is 7.18. The van der Waals surface area contributed by atoms with Crippen LogP contribution in [0.4, 0.5) is 0 Å². The van der Waals surface area contributed by atoms with Gasteiger partial charge in [-0.05, 0) is 43.5 Å². The van der Waals surface area contributed by atoms with Gasteiger partial charge < -0.3 is 14.7 Å². The molecule has 0 spiro atoms. The lowest BCUT2D eigenvalue weighted by molar-refractivity contribution is 0.200. The molecule has 1 aliphatic carbocycles. The minimum Gasteiger partial charge on any atom is -0.495 e. The molecule has 3 nitrogen and oxygen atoms in total. The first kappa shape index (κ1) is 14.9. The van der Waals surface area contributed by atoms with E-state index >= 15 is 0 Å². The highest BCUT2D eigenvalue weighted by molar-refractivity contribution is 5.48. The summed E-state index contributed by atoms with van der Waals surface area (Å²) in [4.78, 5) is 2.37. The molecule has 3 heteroatoms. The second-order valence-electron chi connectivity index (χ2n) is 5.49. The Morgan fingerprint density at radius 2 is 2.20 bits per heavy atom. The first-order valence-electron chi connectivity index (χ1n) is 7.18. The van der Waals surface area contributed by atoms with Crippen LogP contribution < -0.4 is 4.74 Å². The van der Waals surface area contributed by atoms with Gasteiger partial charge in [-0.15, -0.1) is 0 Å². The van der Waals surface area contributed by atoms with E-state index in [1.165, 1.54) is 31.4 Å². The Bertz CT molecular complexity index is 497. The summed E-state index contributed by atoms with van der Waals surface area (Å²) >= 11 is 0. The number of ether oxygens (including phenoxy) is 1. The molecule has 0 bridgehead atoms. The van der Waals surface area contributed by atoms with Crippen molar-refractivity contribution in [2.75, 3.05) is 27.3 Å². The molecule has 1 fully saturated rings. The minimum atomic E-state index is -0.130. The zero-order valence-corrected chi connectivity index (χ0v) is 12.4. The third-order valence-corrected chi connectivity index (χ3v) is 3.81. The number of nitrogens with zero attached hydrogens (tertiary/aromatic N) is 1. The molecule has 108 valence electrons. The molecule has 0 unspecified atom stereocenters. The molecule has 1 aromatic rings. The summed E-state index contributed by atoms with van der Waals surface area (Å²) in [6, 6.07) is 6.09. The molecule has 0 amide bonds. The van der Waals surface area contributed by atoms with Crippen LogP contribution in [-0.2, 0) is 6.54 Å². The smallest absolute Gasteiger partial charge is 0.134 e. The SMILES string of the molecule is COc1ccc(CN(C)CC2CCC2)cc1C#CCO. The van der Waals surface area contributed by atoms with Gasteiger partial charge in [0.2, 0.25) is 0 Å². The van der Waals surface area contributed by atoms with Gasteiger partial charge in [-0.1, -0.05) is 24.3 Å². The molecular weight excluding hydrogens is 250 g/mol. The number of benzene rings is 1. The molecule has 1 N–H and O–H groups in total. The topological polar surface area (TPSA) is 32.7 Å². The van der Waals surface area contributed by atoms with Gasteiger partial charge in [0, 0.05) is 13.1 Å². The van der Waals surface area contributed by atoms with Crippen LogP contribution in [0.3, 0.4) is 0 Å². The third kappa shape index (κ3) is 4.00. The second kappa shape index (κ2) is 7.33. The van der Waals surface area contributed by atoms with Crippen molar-refractivity contribution < 1.29 is 9.84 Å². The number of rotatable bonds is 5. The van der Waals surface area contributed by atoms with E-state index in [1.807, 2.05) is 6.07 Å². The van der Waals surface area contributed by atoms with Crippen molar-refractivity contribution in [1.29, 1.82) is 0 Å². The molecular formula is C17H23NO2. The summed E-state index contributed by atoms with van der Waals surface area (Å²) < 4.78 is 5.30. The normalized spacial score (nSPS) is 14.6. The quantitative estimate of drug-likeness (QED) is 0.835. The van der Waals surface area contributed by atoms with Crippen LogP contribution in [-0.4, -0.2) is 37.3 Å². The van der Waals surface area contributed by atoms with Crippen LogP contribution in [0.1, 0.15) is 30.4 Å². The fraction of sp³-hybridized carbons (Fsp3) is 0.529. The summed E-state index contributed by atoms with van der Waals surface area (Å²) in [5.74, 6) is 7.27. The zero-order valence-electron chi connectivity index (χ0n) is 12.4. The molecule has 1 saturated carbocycles.